The number of aromatic nitrogens is 1. The highest BCUT2D eigenvalue weighted by atomic mass is 32.1. The van der Waals surface area contributed by atoms with Gasteiger partial charge >= 0.3 is 5.97 Å². The Kier molecular flexibility index (Phi) is 7.04. The van der Waals surface area contributed by atoms with Gasteiger partial charge in [0.15, 0.2) is 5.96 Å². The predicted molar refractivity (Wildman–Crippen MR) is 136 cm³/mol. The van der Waals surface area contributed by atoms with Gasteiger partial charge in [0.05, 0.1) is 11.3 Å². The number of aliphatic imine (C=N–C) groups is 1. The van der Waals surface area contributed by atoms with E-state index >= 15 is 0 Å². The molecule has 4 rings (SSSR count). The van der Waals surface area contributed by atoms with Crippen molar-refractivity contribution in [2.45, 2.75) is 104 Å². The Morgan fingerprint density at radius 2 is 2.00 bits per heavy atom. The Labute approximate surface area is 207 Å². The van der Waals surface area contributed by atoms with Gasteiger partial charge < -0.3 is 21.3 Å². The van der Waals surface area contributed by atoms with E-state index in [1.807, 2.05) is 5.38 Å². The fraction of sp³-hybridized carbons (Fsp3) is 0.808. The molecule has 8 heteroatoms. The lowest BCUT2D eigenvalue weighted by atomic mass is 9.42. The zero-order valence-corrected chi connectivity index (χ0v) is 22.0. The van der Waals surface area contributed by atoms with Crippen LogP contribution in [0.3, 0.4) is 0 Å². The van der Waals surface area contributed by atoms with E-state index in [1.54, 1.807) is 0 Å². The minimum atomic E-state index is -0.731. The van der Waals surface area contributed by atoms with Gasteiger partial charge in [-0.15, -0.1) is 11.3 Å². The molecule has 3 aliphatic rings. The highest BCUT2D eigenvalue weighted by molar-refractivity contribution is 7.13. The highest BCUT2D eigenvalue weighted by Gasteiger charge is 2.62. The van der Waals surface area contributed by atoms with Gasteiger partial charge in [0, 0.05) is 17.7 Å². The summed E-state index contributed by atoms with van der Waals surface area (Å²) in [5.41, 5.74) is 11.2. The van der Waals surface area contributed by atoms with Crippen LogP contribution in [-0.4, -0.2) is 33.7 Å². The number of rotatable bonds is 6. The maximum atomic E-state index is 12.5. The fourth-order valence-electron chi connectivity index (χ4n) is 7.99. The summed E-state index contributed by atoms with van der Waals surface area (Å²) in [5, 5.41) is 15.1. The molecule has 3 fully saturated rings. The average molecular weight is 491 g/mol. The number of aliphatic hydroxyl groups is 1. The van der Waals surface area contributed by atoms with Crippen LogP contribution in [0.2, 0.25) is 0 Å². The number of carbonyl (C=O) groups excluding carboxylic acids is 1. The van der Waals surface area contributed by atoms with Gasteiger partial charge in [-0.25, -0.2) is 4.98 Å². The van der Waals surface area contributed by atoms with Gasteiger partial charge in [-0.2, -0.15) is 4.99 Å². The standard InChI is InChI=1S/C26H42N4O3S/c1-5-10-26(32)21-7-6-17-13-19(33-16(2)31)8-12-25(17,4)20(21)9-11-24(26,3)14-18-15-34-23(29-18)30-22(27)28/h15,17,19-21,32H,5-14H2,1-4H3,(H4,27,28,29,30)/t17-,19+,20?,21?,24-,25+,26+/m1/s1. The molecule has 0 spiro atoms. The summed E-state index contributed by atoms with van der Waals surface area (Å²) in [4.78, 5) is 20.3. The molecule has 3 saturated carbocycles. The molecule has 0 saturated heterocycles. The van der Waals surface area contributed by atoms with E-state index in [2.05, 4.69) is 30.7 Å². The second-order valence-corrected chi connectivity index (χ2v) is 12.4. The Hall–Kier alpha value is -1.67. The van der Waals surface area contributed by atoms with Crippen LogP contribution in [0, 0.1) is 28.6 Å². The molecular formula is C26H42N4O3S. The Morgan fingerprint density at radius 3 is 2.68 bits per heavy atom. The van der Waals surface area contributed by atoms with Crippen LogP contribution in [0.25, 0.3) is 0 Å². The van der Waals surface area contributed by atoms with E-state index in [0.29, 0.717) is 17.0 Å². The third-order valence-corrected chi connectivity index (χ3v) is 10.4. The summed E-state index contributed by atoms with van der Waals surface area (Å²) in [6.45, 7) is 8.42. The summed E-state index contributed by atoms with van der Waals surface area (Å²) in [7, 11) is 0. The summed E-state index contributed by atoms with van der Waals surface area (Å²) < 4.78 is 5.61. The van der Waals surface area contributed by atoms with Crippen molar-refractivity contribution in [1.82, 2.24) is 4.98 Å². The van der Waals surface area contributed by atoms with Crippen LogP contribution in [0.4, 0.5) is 5.13 Å². The maximum Gasteiger partial charge on any atom is 0.302 e. The van der Waals surface area contributed by atoms with Gasteiger partial charge in [-0.05, 0) is 81.0 Å². The third-order valence-electron chi connectivity index (χ3n) is 9.61. The molecular weight excluding hydrogens is 448 g/mol. The van der Waals surface area contributed by atoms with E-state index in [9.17, 15) is 9.90 Å². The van der Waals surface area contributed by atoms with Gasteiger partial charge in [0.25, 0.3) is 0 Å². The van der Waals surface area contributed by atoms with Gasteiger partial charge in [-0.3, -0.25) is 4.79 Å². The molecule has 1 heterocycles. The first-order valence-electron chi connectivity index (χ1n) is 12.9. The molecule has 34 heavy (non-hydrogen) atoms. The molecule has 0 aromatic carbocycles. The number of thiazole rings is 1. The first kappa shape index (κ1) is 25.4. The first-order chi connectivity index (χ1) is 16.0. The minimum Gasteiger partial charge on any atom is -0.463 e. The fourth-order valence-corrected chi connectivity index (χ4v) is 8.69. The zero-order chi connectivity index (χ0) is 24.7. The van der Waals surface area contributed by atoms with Gasteiger partial charge in [0.2, 0.25) is 5.13 Å². The van der Waals surface area contributed by atoms with Crippen LogP contribution in [0.1, 0.15) is 91.2 Å². The molecule has 0 bridgehead atoms. The average Bonchev–Trinajstić information content (AvgIpc) is 3.16. The molecule has 3 aliphatic carbocycles. The number of guanidine groups is 1. The molecule has 1 aromatic heterocycles. The maximum absolute atomic E-state index is 12.5. The molecule has 0 radical (unpaired) electrons. The van der Waals surface area contributed by atoms with E-state index < -0.39 is 5.60 Å². The monoisotopic (exact) mass is 490 g/mol. The Morgan fingerprint density at radius 1 is 1.24 bits per heavy atom. The van der Waals surface area contributed by atoms with Crippen molar-refractivity contribution in [3.05, 3.63) is 11.1 Å². The topological polar surface area (TPSA) is 124 Å². The SMILES string of the molecule is CCC[C@]1(O)C2CC[C@@H]3C[C@@H](OC(C)=O)CC[C@]3(C)C2CC[C@]1(C)Cc1csc(N=C(N)N)n1. The summed E-state index contributed by atoms with van der Waals surface area (Å²) in [6, 6.07) is 0. The van der Waals surface area contributed by atoms with Crippen molar-refractivity contribution in [3.8, 4) is 0 Å². The molecule has 0 aliphatic heterocycles. The smallest absolute Gasteiger partial charge is 0.302 e. The third kappa shape index (κ3) is 4.48. The zero-order valence-electron chi connectivity index (χ0n) is 21.2. The van der Waals surface area contributed by atoms with Crippen LogP contribution >= 0.6 is 11.3 Å². The lowest BCUT2D eigenvalue weighted by molar-refractivity contribution is -0.220. The second kappa shape index (κ2) is 9.41. The number of hydrogen-bond acceptors (Lipinski definition) is 6. The molecule has 5 N–H and O–H groups in total. The van der Waals surface area contributed by atoms with E-state index in [-0.39, 0.29) is 34.8 Å². The summed E-state index contributed by atoms with van der Waals surface area (Å²) in [5.74, 6) is 1.19. The number of fused-ring (bicyclic) bond motifs is 3. The second-order valence-electron chi connectivity index (χ2n) is 11.6. The van der Waals surface area contributed by atoms with Crippen LogP contribution in [-0.2, 0) is 16.0 Å². The van der Waals surface area contributed by atoms with Crippen LogP contribution in [0.5, 0.6) is 0 Å². The van der Waals surface area contributed by atoms with Gasteiger partial charge in [0.1, 0.15) is 6.10 Å². The van der Waals surface area contributed by atoms with E-state index in [1.165, 1.54) is 18.3 Å². The number of esters is 1. The predicted octanol–water partition coefficient (Wildman–Crippen LogP) is 4.69. The van der Waals surface area contributed by atoms with Crippen molar-refractivity contribution in [2.24, 2.45) is 45.0 Å². The van der Waals surface area contributed by atoms with E-state index in [0.717, 1.165) is 69.9 Å². The normalized spacial score (nSPS) is 39.6. The number of nitrogens with zero attached hydrogens (tertiary/aromatic N) is 2. The lowest BCUT2D eigenvalue weighted by Gasteiger charge is -2.64. The molecule has 7 nitrogen and oxygen atoms in total. The summed E-state index contributed by atoms with van der Waals surface area (Å²) in [6.07, 6.45) is 9.79. The van der Waals surface area contributed by atoms with Crippen LogP contribution < -0.4 is 11.5 Å². The minimum absolute atomic E-state index is 0.0172. The van der Waals surface area contributed by atoms with Crippen molar-refractivity contribution in [3.63, 3.8) is 0 Å². The number of ether oxygens (including phenoxy) is 1. The summed E-state index contributed by atoms with van der Waals surface area (Å²) >= 11 is 1.44. The highest BCUT2D eigenvalue weighted by Crippen LogP contribution is 2.65. The Bertz CT molecular complexity index is 931. The first-order valence-corrected chi connectivity index (χ1v) is 13.8. The van der Waals surface area contributed by atoms with Crippen molar-refractivity contribution in [1.29, 1.82) is 0 Å². The van der Waals surface area contributed by atoms with Gasteiger partial charge in [-0.1, -0.05) is 27.2 Å². The molecule has 1 aromatic rings. The Balaban J connectivity index is 1.58. The van der Waals surface area contributed by atoms with Crippen LogP contribution in [0.15, 0.2) is 10.4 Å². The number of nitrogens with two attached hydrogens (primary N) is 2. The number of hydrogen-bond donors (Lipinski definition) is 3. The largest absolute Gasteiger partial charge is 0.463 e. The lowest BCUT2D eigenvalue weighted by Crippen LogP contribution is -2.63. The van der Waals surface area contributed by atoms with E-state index in [4.69, 9.17) is 16.2 Å². The molecule has 2 unspecified atom stereocenters. The molecule has 7 atom stereocenters. The number of carbonyl (C=O) groups is 1. The molecule has 0 amide bonds. The van der Waals surface area contributed by atoms with Crippen molar-refractivity contribution in [2.75, 3.05) is 0 Å². The quantitative estimate of drug-likeness (QED) is 0.302. The van der Waals surface area contributed by atoms with Crippen molar-refractivity contribution < 1.29 is 14.6 Å². The van der Waals surface area contributed by atoms with Crippen molar-refractivity contribution >= 4 is 28.4 Å². The molecule has 190 valence electrons.